The Morgan fingerprint density at radius 2 is 0.590 bits per heavy atom. The zero-order chi connectivity index (χ0) is 30.8. The van der Waals surface area contributed by atoms with E-state index < -0.39 is 72.2 Å². The van der Waals surface area contributed by atoms with Crippen LogP contribution in [0.1, 0.15) is 54.4 Å². The van der Waals surface area contributed by atoms with Gasteiger partial charge in [0, 0.05) is 64.6 Å². The average molecular weight is 633 g/mol. The third kappa shape index (κ3) is 8.75. The van der Waals surface area contributed by atoms with Gasteiger partial charge in [-0.2, -0.15) is 43.9 Å². The molecule has 0 amide bonds. The lowest BCUT2D eigenvalue weighted by atomic mass is 9.92. The van der Waals surface area contributed by atoms with Crippen LogP contribution in [0.4, 0.5) is 43.9 Å². The van der Waals surface area contributed by atoms with Crippen molar-refractivity contribution >= 4 is 17.6 Å². The summed E-state index contributed by atoms with van der Waals surface area (Å²) in [4.78, 5) is 0. The molecule has 0 N–H and O–H groups in total. The van der Waals surface area contributed by atoms with Crippen molar-refractivity contribution in [2.75, 3.05) is 39.6 Å². The smallest absolute Gasteiger partial charge is 0.374 e. The second kappa shape index (κ2) is 15.1. The van der Waals surface area contributed by atoms with Gasteiger partial charge in [-0.1, -0.05) is 0 Å². The Morgan fingerprint density at radius 1 is 0.385 bits per heavy atom. The molecule has 39 heavy (non-hydrogen) atoms. The molecule has 0 aromatic rings. The van der Waals surface area contributed by atoms with Gasteiger partial charge >= 0.3 is 47.2 Å². The van der Waals surface area contributed by atoms with Crippen LogP contribution in [-0.4, -0.2) is 86.9 Å². The maximum absolute atomic E-state index is 14.5. The molecule has 0 unspecified atom stereocenters. The van der Waals surface area contributed by atoms with Crippen LogP contribution >= 0.6 is 0 Å². The molecule has 6 nitrogen and oxygen atoms in total. The number of rotatable bonds is 22. The standard InChI is InChI=1S/C21H38F10O6Si2/c1-7-32-38(33-8-2,34-9-3)15-13-17(22,23)19(26,27)21(30,31)20(28,29)18(24,25)14-16-39(35-10-4,36-11-5)37-12-6/h7-16H2,1-6H3. The Kier molecular flexibility index (Phi) is 14.9. The summed E-state index contributed by atoms with van der Waals surface area (Å²) >= 11 is 0. The van der Waals surface area contributed by atoms with E-state index in [-0.39, 0.29) is 39.6 Å². The second-order valence-corrected chi connectivity index (χ2v) is 13.6. The van der Waals surface area contributed by atoms with E-state index in [1.165, 1.54) is 41.5 Å². The van der Waals surface area contributed by atoms with Crippen LogP contribution < -0.4 is 0 Å². The normalized spacial score (nSPS) is 14.8. The topological polar surface area (TPSA) is 55.4 Å². The first-order chi connectivity index (χ1) is 17.8. The molecule has 236 valence electrons. The van der Waals surface area contributed by atoms with Gasteiger partial charge in [0.15, 0.2) is 0 Å². The van der Waals surface area contributed by atoms with Crippen molar-refractivity contribution in [3.8, 4) is 0 Å². The molecule has 0 aliphatic rings. The molecule has 0 saturated carbocycles. The van der Waals surface area contributed by atoms with Gasteiger partial charge in [-0.15, -0.1) is 0 Å². The van der Waals surface area contributed by atoms with Crippen LogP contribution in [0.15, 0.2) is 0 Å². The average Bonchev–Trinajstić information content (AvgIpc) is 2.82. The lowest BCUT2D eigenvalue weighted by molar-refractivity contribution is -0.401. The van der Waals surface area contributed by atoms with Crippen molar-refractivity contribution in [1.82, 2.24) is 0 Å². The first-order valence-electron chi connectivity index (χ1n) is 12.5. The zero-order valence-electron chi connectivity index (χ0n) is 22.8. The molecule has 0 rings (SSSR count). The van der Waals surface area contributed by atoms with E-state index >= 15 is 0 Å². The molecule has 0 bridgehead atoms. The van der Waals surface area contributed by atoms with Crippen LogP contribution in [0.5, 0.6) is 0 Å². The van der Waals surface area contributed by atoms with E-state index in [0.717, 1.165) is 0 Å². The molecule has 0 aromatic heterocycles. The number of hydrogen-bond donors (Lipinski definition) is 0. The van der Waals surface area contributed by atoms with E-state index in [0.29, 0.717) is 0 Å². The van der Waals surface area contributed by atoms with Crippen molar-refractivity contribution in [3.63, 3.8) is 0 Å². The van der Waals surface area contributed by atoms with Crippen LogP contribution in [0.2, 0.25) is 12.1 Å². The van der Waals surface area contributed by atoms with Crippen LogP contribution in [0.3, 0.4) is 0 Å². The maximum atomic E-state index is 14.5. The van der Waals surface area contributed by atoms with E-state index in [1.807, 2.05) is 0 Å². The lowest BCUT2D eigenvalue weighted by Crippen LogP contribution is -2.67. The van der Waals surface area contributed by atoms with Gasteiger partial charge in [-0.05, 0) is 41.5 Å². The minimum atomic E-state index is -7.19. The number of hydrogen-bond acceptors (Lipinski definition) is 6. The van der Waals surface area contributed by atoms with E-state index in [1.54, 1.807) is 0 Å². The summed E-state index contributed by atoms with van der Waals surface area (Å²) in [5.41, 5.74) is 0. The molecule has 0 aliphatic heterocycles. The Bertz CT molecular complexity index is 629. The maximum Gasteiger partial charge on any atom is 0.501 e. The third-order valence-corrected chi connectivity index (χ3v) is 11.5. The van der Waals surface area contributed by atoms with E-state index in [2.05, 4.69) is 0 Å². The highest BCUT2D eigenvalue weighted by Crippen LogP contribution is 2.59. The molecule has 0 aliphatic carbocycles. The van der Waals surface area contributed by atoms with Gasteiger partial charge in [0.05, 0.1) is 0 Å². The summed E-state index contributed by atoms with van der Waals surface area (Å²) in [7, 11) is -8.23. The fraction of sp³-hybridized carbons (Fsp3) is 1.00. The van der Waals surface area contributed by atoms with Crippen LogP contribution in [0, 0.1) is 0 Å². The first-order valence-corrected chi connectivity index (χ1v) is 16.4. The van der Waals surface area contributed by atoms with Crippen molar-refractivity contribution in [1.29, 1.82) is 0 Å². The van der Waals surface area contributed by atoms with Gasteiger partial charge in [0.1, 0.15) is 0 Å². The fourth-order valence-corrected chi connectivity index (χ4v) is 8.84. The van der Waals surface area contributed by atoms with Gasteiger partial charge in [-0.25, -0.2) is 0 Å². The van der Waals surface area contributed by atoms with E-state index in [9.17, 15) is 43.9 Å². The highest BCUT2D eigenvalue weighted by atomic mass is 28.4. The molecule has 0 fully saturated rings. The Balaban J connectivity index is 6.16. The zero-order valence-corrected chi connectivity index (χ0v) is 24.8. The molecule has 0 aromatic carbocycles. The summed E-state index contributed by atoms with van der Waals surface area (Å²) in [6, 6.07) is -2.34. The quantitative estimate of drug-likeness (QED) is 0.0943. The summed E-state index contributed by atoms with van der Waals surface area (Å²) < 4.78 is 176. The predicted octanol–water partition coefficient (Wildman–Crippen LogP) is 7.04. The fourth-order valence-electron chi connectivity index (χ4n) is 3.59. The predicted molar refractivity (Wildman–Crippen MR) is 125 cm³/mol. The van der Waals surface area contributed by atoms with Gasteiger partial charge in [0.2, 0.25) is 0 Å². The number of alkyl halides is 10. The molecule has 0 atom stereocenters. The highest BCUT2D eigenvalue weighted by molar-refractivity contribution is 6.61. The van der Waals surface area contributed by atoms with Crippen molar-refractivity contribution in [2.45, 2.75) is 96.1 Å². The second-order valence-electron chi connectivity index (χ2n) is 8.10. The van der Waals surface area contributed by atoms with Crippen LogP contribution in [0.25, 0.3) is 0 Å². The van der Waals surface area contributed by atoms with Gasteiger partial charge in [-0.3, -0.25) is 0 Å². The minimum Gasteiger partial charge on any atom is -0.374 e. The van der Waals surface area contributed by atoms with Crippen molar-refractivity contribution in [3.05, 3.63) is 0 Å². The van der Waals surface area contributed by atoms with E-state index in [4.69, 9.17) is 26.6 Å². The monoisotopic (exact) mass is 632 g/mol. The Labute approximate surface area is 224 Å². The molecule has 0 saturated heterocycles. The molecule has 18 heteroatoms. The van der Waals surface area contributed by atoms with Crippen molar-refractivity contribution < 1.29 is 70.5 Å². The lowest BCUT2D eigenvalue weighted by Gasteiger charge is -2.40. The molecule has 0 radical (unpaired) electrons. The number of halogens is 10. The summed E-state index contributed by atoms with van der Waals surface area (Å²) in [6.45, 7) is 7.22. The molecular weight excluding hydrogens is 594 g/mol. The highest BCUT2D eigenvalue weighted by Gasteiger charge is 2.85. The third-order valence-electron chi connectivity index (χ3n) is 5.38. The van der Waals surface area contributed by atoms with Crippen molar-refractivity contribution in [2.24, 2.45) is 0 Å². The largest absolute Gasteiger partial charge is 0.501 e. The molecule has 0 heterocycles. The SMILES string of the molecule is CCO[Si](CCC(F)(F)C(F)(F)C(F)(F)C(F)(F)C(F)(F)CC[Si](OCC)(OCC)OCC)(OCC)OCC. The van der Waals surface area contributed by atoms with Gasteiger partial charge in [0.25, 0.3) is 0 Å². The Hall–Kier alpha value is -0.506. The molecule has 0 spiro atoms. The van der Waals surface area contributed by atoms with Crippen LogP contribution in [-0.2, 0) is 26.6 Å². The Morgan fingerprint density at radius 3 is 0.769 bits per heavy atom. The minimum absolute atomic E-state index is 0.190. The summed E-state index contributed by atoms with van der Waals surface area (Å²) in [5.74, 6) is -32.8. The first kappa shape index (κ1) is 38.5. The summed E-state index contributed by atoms with van der Waals surface area (Å²) in [6.07, 6.45) is -4.34. The summed E-state index contributed by atoms with van der Waals surface area (Å²) in [5, 5.41) is 0. The molecular formula is C21H38F10O6Si2. The van der Waals surface area contributed by atoms with Gasteiger partial charge < -0.3 is 26.6 Å².